The molecule has 32 heavy (non-hydrogen) atoms. The van der Waals surface area contributed by atoms with Crippen molar-refractivity contribution in [2.75, 3.05) is 47.4 Å². The van der Waals surface area contributed by atoms with Gasteiger partial charge in [-0.05, 0) is 29.7 Å². The summed E-state index contributed by atoms with van der Waals surface area (Å²) in [5.41, 5.74) is 2.28. The zero-order valence-electron chi connectivity index (χ0n) is 19.3. The highest BCUT2D eigenvalue weighted by atomic mass is 16.5. The van der Waals surface area contributed by atoms with Crippen molar-refractivity contribution in [2.45, 2.75) is 19.6 Å². The van der Waals surface area contributed by atoms with E-state index >= 15 is 0 Å². The van der Waals surface area contributed by atoms with Crippen molar-refractivity contribution in [2.24, 2.45) is 10.9 Å². The molecule has 7 nitrogen and oxygen atoms in total. The number of amides is 1. The Bertz CT molecular complexity index is 869. The van der Waals surface area contributed by atoms with Crippen LogP contribution in [0.4, 0.5) is 0 Å². The fourth-order valence-electron chi connectivity index (χ4n) is 3.56. The van der Waals surface area contributed by atoms with E-state index in [9.17, 15) is 4.79 Å². The number of guanidine groups is 1. The first-order valence-electron chi connectivity index (χ1n) is 11.0. The Morgan fingerprint density at radius 3 is 2.56 bits per heavy atom. The minimum atomic E-state index is 0.0177. The third kappa shape index (κ3) is 7.27. The van der Waals surface area contributed by atoms with Crippen molar-refractivity contribution in [1.82, 2.24) is 15.1 Å². The van der Waals surface area contributed by atoms with Crippen molar-refractivity contribution in [3.05, 3.63) is 65.7 Å². The summed E-state index contributed by atoms with van der Waals surface area (Å²) in [5.74, 6) is 2.05. The average molecular weight is 439 g/mol. The molecule has 3 rings (SSSR count). The van der Waals surface area contributed by atoms with E-state index in [4.69, 9.17) is 14.5 Å². The first kappa shape index (κ1) is 23.6. The zero-order chi connectivity index (χ0) is 22.8. The number of rotatable bonds is 9. The Morgan fingerprint density at radius 2 is 1.88 bits per heavy atom. The number of likely N-dealkylation sites (tertiary alicyclic amines) is 1. The molecule has 0 aromatic heterocycles. The van der Waals surface area contributed by atoms with E-state index < -0.39 is 0 Å². The standard InChI is InChI=1S/C25H34N4O3/c1-28(2)24(30)16-27-25(26-15-20-9-11-23(31-3)12-10-20)29-14-13-22(17-29)19-32-18-21-7-5-4-6-8-21/h4-12,22H,13-19H2,1-3H3,(H,26,27). The molecule has 1 fully saturated rings. The second kappa shape index (κ2) is 12.1. The fourth-order valence-corrected chi connectivity index (χ4v) is 3.56. The average Bonchev–Trinajstić information content (AvgIpc) is 3.28. The molecule has 1 unspecified atom stereocenters. The lowest BCUT2D eigenvalue weighted by Crippen LogP contribution is -2.44. The molecule has 7 heteroatoms. The molecule has 1 saturated heterocycles. The summed E-state index contributed by atoms with van der Waals surface area (Å²) in [6.07, 6.45) is 1.04. The van der Waals surface area contributed by atoms with Crippen LogP contribution >= 0.6 is 0 Å². The maximum Gasteiger partial charge on any atom is 0.241 e. The molecule has 0 saturated carbocycles. The molecular formula is C25H34N4O3. The summed E-state index contributed by atoms with van der Waals surface area (Å²) < 4.78 is 11.2. The van der Waals surface area contributed by atoms with Gasteiger partial charge in [0.05, 0.1) is 33.4 Å². The van der Waals surface area contributed by atoms with Crippen LogP contribution in [0, 0.1) is 5.92 Å². The summed E-state index contributed by atoms with van der Waals surface area (Å²) in [5, 5.41) is 3.26. The van der Waals surface area contributed by atoms with E-state index in [1.54, 1.807) is 26.1 Å². The number of carbonyl (C=O) groups is 1. The van der Waals surface area contributed by atoms with E-state index in [0.717, 1.165) is 36.8 Å². The van der Waals surface area contributed by atoms with E-state index in [1.807, 2.05) is 42.5 Å². The molecule has 1 aliphatic heterocycles. The highest BCUT2D eigenvalue weighted by Gasteiger charge is 2.25. The lowest BCUT2D eigenvalue weighted by molar-refractivity contribution is -0.127. The highest BCUT2D eigenvalue weighted by molar-refractivity contribution is 5.86. The van der Waals surface area contributed by atoms with Crippen molar-refractivity contribution in [3.8, 4) is 5.75 Å². The van der Waals surface area contributed by atoms with Crippen molar-refractivity contribution in [1.29, 1.82) is 0 Å². The number of methoxy groups -OCH3 is 1. The molecule has 1 N–H and O–H groups in total. The summed E-state index contributed by atoms with van der Waals surface area (Å²) in [7, 11) is 5.17. The smallest absolute Gasteiger partial charge is 0.241 e. The van der Waals surface area contributed by atoms with Crippen molar-refractivity contribution in [3.63, 3.8) is 0 Å². The minimum Gasteiger partial charge on any atom is -0.497 e. The predicted molar refractivity (Wildman–Crippen MR) is 127 cm³/mol. The first-order chi connectivity index (χ1) is 15.5. The quantitative estimate of drug-likeness (QED) is 0.482. The maximum absolute atomic E-state index is 12.1. The summed E-state index contributed by atoms with van der Waals surface area (Å²) in [6, 6.07) is 18.1. The normalized spacial score (nSPS) is 16.2. The van der Waals surface area contributed by atoms with Crippen LogP contribution in [-0.4, -0.2) is 69.1 Å². The second-order valence-corrected chi connectivity index (χ2v) is 8.23. The number of benzene rings is 2. The summed E-state index contributed by atoms with van der Waals surface area (Å²) in [4.78, 5) is 20.7. The van der Waals surface area contributed by atoms with Gasteiger partial charge in [0.15, 0.2) is 5.96 Å². The van der Waals surface area contributed by atoms with Crippen LogP contribution in [0.2, 0.25) is 0 Å². The maximum atomic E-state index is 12.1. The molecule has 2 aromatic rings. The highest BCUT2D eigenvalue weighted by Crippen LogP contribution is 2.18. The van der Waals surface area contributed by atoms with Gasteiger partial charge in [-0.2, -0.15) is 0 Å². The first-order valence-corrected chi connectivity index (χ1v) is 11.0. The van der Waals surface area contributed by atoms with Gasteiger partial charge in [0, 0.05) is 33.1 Å². The molecule has 1 amide bonds. The molecule has 1 atom stereocenters. The molecule has 172 valence electrons. The molecule has 1 heterocycles. The van der Waals surface area contributed by atoms with Gasteiger partial charge < -0.3 is 24.6 Å². The molecule has 2 aromatic carbocycles. The number of ether oxygens (including phenoxy) is 2. The molecule has 0 bridgehead atoms. The minimum absolute atomic E-state index is 0.0177. The Morgan fingerprint density at radius 1 is 1.12 bits per heavy atom. The third-order valence-corrected chi connectivity index (χ3v) is 5.52. The van der Waals surface area contributed by atoms with Gasteiger partial charge in [-0.15, -0.1) is 0 Å². The topological polar surface area (TPSA) is 66.4 Å². The van der Waals surface area contributed by atoms with Crippen LogP contribution in [0.1, 0.15) is 17.5 Å². The van der Waals surface area contributed by atoms with E-state index in [-0.39, 0.29) is 12.5 Å². The summed E-state index contributed by atoms with van der Waals surface area (Å²) in [6.45, 7) is 3.86. The van der Waals surface area contributed by atoms with E-state index in [0.29, 0.717) is 25.7 Å². The molecule has 0 spiro atoms. The number of nitrogens with one attached hydrogen (secondary N) is 1. The Balaban J connectivity index is 1.57. The number of aliphatic imine (C=N–C) groups is 1. The Labute approximate surface area is 191 Å². The van der Waals surface area contributed by atoms with Crippen LogP contribution in [-0.2, 0) is 22.7 Å². The number of carbonyl (C=O) groups excluding carboxylic acids is 1. The SMILES string of the molecule is COc1ccc(CN=C(NCC(=O)N(C)C)N2CCC(COCc3ccccc3)C2)cc1. The van der Waals surface area contributed by atoms with E-state index in [2.05, 4.69) is 22.3 Å². The number of hydrogen-bond acceptors (Lipinski definition) is 4. The number of hydrogen-bond donors (Lipinski definition) is 1. The zero-order valence-corrected chi connectivity index (χ0v) is 19.3. The van der Waals surface area contributed by atoms with Crippen LogP contribution in [0.15, 0.2) is 59.6 Å². The number of likely N-dealkylation sites (N-methyl/N-ethyl adjacent to an activating group) is 1. The molecular weight excluding hydrogens is 404 g/mol. The van der Waals surface area contributed by atoms with Gasteiger partial charge in [-0.3, -0.25) is 4.79 Å². The van der Waals surface area contributed by atoms with Gasteiger partial charge in [0.25, 0.3) is 0 Å². The monoisotopic (exact) mass is 438 g/mol. The van der Waals surface area contributed by atoms with Gasteiger partial charge in [-0.1, -0.05) is 42.5 Å². The Kier molecular flexibility index (Phi) is 8.92. The number of nitrogens with zero attached hydrogens (tertiary/aromatic N) is 3. The predicted octanol–water partition coefficient (Wildman–Crippen LogP) is 2.77. The van der Waals surface area contributed by atoms with Crippen LogP contribution < -0.4 is 10.1 Å². The molecule has 0 aliphatic carbocycles. The molecule has 1 aliphatic rings. The van der Waals surface area contributed by atoms with Gasteiger partial charge >= 0.3 is 0 Å². The van der Waals surface area contributed by atoms with Crippen LogP contribution in [0.3, 0.4) is 0 Å². The van der Waals surface area contributed by atoms with Crippen molar-refractivity contribution < 1.29 is 14.3 Å². The van der Waals surface area contributed by atoms with Crippen LogP contribution in [0.25, 0.3) is 0 Å². The summed E-state index contributed by atoms with van der Waals surface area (Å²) >= 11 is 0. The lowest BCUT2D eigenvalue weighted by atomic mass is 10.1. The fraction of sp³-hybridized carbons (Fsp3) is 0.440. The third-order valence-electron chi connectivity index (χ3n) is 5.52. The molecule has 0 radical (unpaired) electrons. The van der Waals surface area contributed by atoms with Gasteiger partial charge in [0.2, 0.25) is 5.91 Å². The Hall–Kier alpha value is -3.06. The van der Waals surface area contributed by atoms with Gasteiger partial charge in [-0.25, -0.2) is 4.99 Å². The van der Waals surface area contributed by atoms with Crippen molar-refractivity contribution >= 4 is 11.9 Å². The second-order valence-electron chi connectivity index (χ2n) is 8.23. The largest absolute Gasteiger partial charge is 0.497 e. The lowest BCUT2D eigenvalue weighted by Gasteiger charge is -2.23. The van der Waals surface area contributed by atoms with Crippen LogP contribution in [0.5, 0.6) is 5.75 Å². The van der Waals surface area contributed by atoms with Gasteiger partial charge in [0.1, 0.15) is 5.75 Å². The van der Waals surface area contributed by atoms with E-state index in [1.165, 1.54) is 5.56 Å².